The molecule has 0 aliphatic carbocycles. The minimum absolute atomic E-state index is 0.0513. The zero-order valence-corrected chi connectivity index (χ0v) is 23.2. The average Bonchev–Trinajstić information content (AvgIpc) is 2.97. The minimum atomic E-state index is -0.397. The van der Waals surface area contributed by atoms with Crippen LogP contribution in [-0.4, -0.2) is 41.9 Å². The first-order valence-electron chi connectivity index (χ1n) is 13.4. The van der Waals surface area contributed by atoms with Crippen LogP contribution >= 0.6 is 0 Å². The Morgan fingerprint density at radius 1 is 0.950 bits per heavy atom. The predicted octanol–water partition coefficient (Wildman–Crippen LogP) is 5.97. The first kappa shape index (κ1) is 28.4. The van der Waals surface area contributed by atoms with E-state index in [-0.39, 0.29) is 31.0 Å². The fraction of sp³-hybridized carbons (Fsp3) is 0.281. The van der Waals surface area contributed by atoms with Crippen molar-refractivity contribution >= 4 is 28.6 Å². The number of methoxy groups -OCH3 is 1. The van der Waals surface area contributed by atoms with E-state index in [1.807, 2.05) is 56.3 Å². The highest BCUT2D eigenvalue weighted by Crippen LogP contribution is 2.23. The van der Waals surface area contributed by atoms with Crippen LogP contribution in [0, 0.1) is 6.92 Å². The number of anilines is 1. The van der Waals surface area contributed by atoms with Crippen molar-refractivity contribution in [3.8, 4) is 5.75 Å². The van der Waals surface area contributed by atoms with Crippen LogP contribution < -0.4 is 15.5 Å². The third-order valence-corrected chi connectivity index (χ3v) is 6.67. The molecule has 3 aromatic carbocycles. The SMILES string of the molecule is CCCCN(CC(=O)N(Cc1ccccc1)Cc1coc2ccc(C)cc2c1=O)C(=O)Nc1ccccc1OC. The van der Waals surface area contributed by atoms with Crippen molar-refractivity contribution in [2.75, 3.05) is 25.5 Å². The molecule has 208 valence electrons. The normalized spacial score (nSPS) is 10.8. The molecule has 0 unspecified atom stereocenters. The molecule has 0 spiro atoms. The van der Waals surface area contributed by atoms with Crippen molar-refractivity contribution in [3.63, 3.8) is 0 Å². The van der Waals surface area contributed by atoms with Gasteiger partial charge in [-0.1, -0.05) is 67.4 Å². The van der Waals surface area contributed by atoms with Gasteiger partial charge >= 0.3 is 6.03 Å². The van der Waals surface area contributed by atoms with E-state index >= 15 is 0 Å². The lowest BCUT2D eigenvalue weighted by atomic mass is 10.1. The molecular formula is C32H35N3O5. The fourth-order valence-corrected chi connectivity index (χ4v) is 4.44. The Morgan fingerprint density at radius 2 is 1.70 bits per heavy atom. The molecule has 0 bridgehead atoms. The summed E-state index contributed by atoms with van der Waals surface area (Å²) < 4.78 is 11.1. The van der Waals surface area contributed by atoms with Gasteiger partial charge in [0.05, 0.1) is 36.6 Å². The zero-order chi connectivity index (χ0) is 28.5. The molecule has 8 heteroatoms. The van der Waals surface area contributed by atoms with Gasteiger partial charge in [0.25, 0.3) is 0 Å². The van der Waals surface area contributed by atoms with E-state index in [0.717, 1.165) is 24.0 Å². The van der Waals surface area contributed by atoms with E-state index in [1.165, 1.54) is 18.3 Å². The Kier molecular flexibility index (Phi) is 9.57. The van der Waals surface area contributed by atoms with Crippen molar-refractivity contribution in [1.82, 2.24) is 9.80 Å². The Hall–Kier alpha value is -4.59. The summed E-state index contributed by atoms with van der Waals surface area (Å²) in [5.74, 6) is 0.250. The van der Waals surface area contributed by atoms with Crippen LogP contribution in [0.25, 0.3) is 11.0 Å². The lowest BCUT2D eigenvalue weighted by molar-refractivity contribution is -0.133. The summed E-state index contributed by atoms with van der Waals surface area (Å²) in [4.78, 5) is 43.5. The lowest BCUT2D eigenvalue weighted by Crippen LogP contribution is -2.44. The molecule has 4 aromatic rings. The molecule has 4 rings (SSSR count). The topological polar surface area (TPSA) is 92.1 Å². The number of carbonyl (C=O) groups is 2. The number of benzene rings is 3. The first-order chi connectivity index (χ1) is 19.4. The van der Waals surface area contributed by atoms with Crippen LogP contribution in [0.1, 0.15) is 36.5 Å². The summed E-state index contributed by atoms with van der Waals surface area (Å²) in [7, 11) is 1.54. The maximum atomic E-state index is 13.8. The van der Waals surface area contributed by atoms with Gasteiger partial charge in [0, 0.05) is 13.1 Å². The second-order valence-electron chi connectivity index (χ2n) is 9.73. The minimum Gasteiger partial charge on any atom is -0.495 e. The van der Waals surface area contributed by atoms with Gasteiger partial charge in [-0.15, -0.1) is 0 Å². The van der Waals surface area contributed by atoms with Gasteiger partial charge in [-0.3, -0.25) is 9.59 Å². The monoisotopic (exact) mass is 541 g/mol. The molecule has 0 aliphatic rings. The molecule has 3 amide bonds. The molecule has 0 saturated carbocycles. The number of aryl methyl sites for hydroxylation is 1. The number of rotatable bonds is 11. The average molecular weight is 542 g/mol. The molecule has 0 radical (unpaired) electrons. The van der Waals surface area contributed by atoms with Crippen molar-refractivity contribution in [2.45, 2.75) is 39.8 Å². The van der Waals surface area contributed by atoms with Crippen LogP contribution in [-0.2, 0) is 17.9 Å². The van der Waals surface area contributed by atoms with Gasteiger partial charge in [-0.05, 0) is 43.2 Å². The van der Waals surface area contributed by atoms with Crippen molar-refractivity contribution in [1.29, 1.82) is 0 Å². The van der Waals surface area contributed by atoms with E-state index < -0.39 is 6.03 Å². The van der Waals surface area contributed by atoms with Crippen molar-refractivity contribution in [2.24, 2.45) is 0 Å². The third kappa shape index (κ3) is 7.08. The molecule has 1 heterocycles. The highest BCUT2D eigenvalue weighted by Gasteiger charge is 2.23. The second-order valence-corrected chi connectivity index (χ2v) is 9.73. The molecule has 0 aliphatic heterocycles. The van der Waals surface area contributed by atoms with Gasteiger partial charge in [0.1, 0.15) is 17.9 Å². The summed E-state index contributed by atoms with van der Waals surface area (Å²) in [6.07, 6.45) is 3.02. The predicted molar refractivity (Wildman–Crippen MR) is 156 cm³/mol. The molecule has 8 nitrogen and oxygen atoms in total. The van der Waals surface area contributed by atoms with Crippen LogP contribution in [0.5, 0.6) is 5.75 Å². The molecule has 40 heavy (non-hydrogen) atoms. The Bertz CT molecular complexity index is 1520. The number of fused-ring (bicyclic) bond motifs is 1. The van der Waals surface area contributed by atoms with E-state index in [2.05, 4.69) is 5.32 Å². The fourth-order valence-electron chi connectivity index (χ4n) is 4.44. The van der Waals surface area contributed by atoms with E-state index in [9.17, 15) is 14.4 Å². The lowest BCUT2D eigenvalue weighted by Gasteiger charge is -2.28. The quantitative estimate of drug-likeness (QED) is 0.252. The number of hydrogen-bond donors (Lipinski definition) is 1. The van der Waals surface area contributed by atoms with E-state index in [1.54, 1.807) is 35.2 Å². The summed E-state index contributed by atoms with van der Waals surface area (Å²) in [6.45, 7) is 4.53. The first-order valence-corrected chi connectivity index (χ1v) is 13.4. The van der Waals surface area contributed by atoms with Gasteiger partial charge in [0.15, 0.2) is 5.43 Å². The Morgan fingerprint density at radius 3 is 2.45 bits per heavy atom. The number of nitrogens with zero attached hydrogens (tertiary/aromatic N) is 2. The molecule has 1 aromatic heterocycles. The number of unbranched alkanes of at least 4 members (excludes halogenated alkanes) is 1. The standard InChI is InChI=1S/C32H35N3O5/c1-4-5-17-34(32(38)33-27-13-9-10-14-29(27)39-3)21-30(36)35(19-24-11-7-6-8-12-24)20-25-22-40-28-16-15-23(2)18-26(28)31(25)37/h6-16,18,22H,4-5,17,19-21H2,1-3H3,(H,33,38). The van der Waals surface area contributed by atoms with Gasteiger partial charge in [-0.2, -0.15) is 0 Å². The van der Waals surface area contributed by atoms with Crippen LogP contribution in [0.2, 0.25) is 0 Å². The summed E-state index contributed by atoms with van der Waals surface area (Å²) >= 11 is 0. The number of urea groups is 1. The van der Waals surface area contributed by atoms with E-state index in [0.29, 0.717) is 34.5 Å². The highest BCUT2D eigenvalue weighted by molar-refractivity contribution is 5.93. The molecule has 0 fully saturated rings. The number of ether oxygens (including phenoxy) is 1. The molecular weight excluding hydrogens is 506 g/mol. The third-order valence-electron chi connectivity index (χ3n) is 6.67. The molecule has 1 N–H and O–H groups in total. The van der Waals surface area contributed by atoms with Crippen molar-refractivity contribution < 1.29 is 18.7 Å². The van der Waals surface area contributed by atoms with Gasteiger partial charge in [0.2, 0.25) is 5.91 Å². The Balaban J connectivity index is 1.60. The van der Waals surface area contributed by atoms with Crippen LogP contribution in [0.4, 0.5) is 10.5 Å². The number of amides is 3. The zero-order valence-electron chi connectivity index (χ0n) is 23.2. The molecule has 0 saturated heterocycles. The number of hydrogen-bond acceptors (Lipinski definition) is 5. The number of para-hydroxylation sites is 2. The van der Waals surface area contributed by atoms with E-state index in [4.69, 9.17) is 9.15 Å². The van der Waals surface area contributed by atoms with Crippen molar-refractivity contribution in [3.05, 3.63) is 106 Å². The summed E-state index contributed by atoms with van der Waals surface area (Å²) in [5, 5.41) is 3.35. The Labute approximate surface area is 234 Å². The highest BCUT2D eigenvalue weighted by atomic mass is 16.5. The maximum absolute atomic E-state index is 13.8. The summed E-state index contributed by atoms with van der Waals surface area (Å²) in [5.41, 5.74) is 3.08. The summed E-state index contributed by atoms with van der Waals surface area (Å²) in [6, 6.07) is 21.8. The maximum Gasteiger partial charge on any atom is 0.322 e. The largest absolute Gasteiger partial charge is 0.495 e. The smallest absolute Gasteiger partial charge is 0.322 e. The second kappa shape index (κ2) is 13.5. The van der Waals surface area contributed by atoms with Crippen LogP contribution in [0.3, 0.4) is 0 Å². The number of nitrogens with one attached hydrogen (secondary N) is 1. The van der Waals surface area contributed by atoms with Crippen LogP contribution in [0.15, 0.2) is 88.3 Å². The number of carbonyl (C=O) groups excluding carboxylic acids is 2. The molecule has 0 atom stereocenters. The van der Waals surface area contributed by atoms with Gasteiger partial charge in [-0.25, -0.2) is 4.79 Å². The van der Waals surface area contributed by atoms with Gasteiger partial charge < -0.3 is 24.3 Å².